The van der Waals surface area contributed by atoms with Gasteiger partial charge in [0.05, 0.1) is 22.8 Å². The van der Waals surface area contributed by atoms with Crippen LogP contribution in [0.5, 0.6) is 0 Å². The lowest BCUT2D eigenvalue weighted by Gasteiger charge is -2.10. The molecule has 0 heterocycles. The molecule has 0 spiro atoms. The Kier molecular flexibility index (Phi) is 4.64. The molecule has 8 heteroatoms. The molecule has 0 bridgehead atoms. The van der Waals surface area contributed by atoms with Crippen LogP contribution in [0.15, 0.2) is 18.2 Å². The molecule has 4 N–H and O–H groups in total. The quantitative estimate of drug-likeness (QED) is 0.660. The average Bonchev–Trinajstić information content (AvgIpc) is 3.22. The summed E-state index contributed by atoms with van der Waals surface area (Å²) < 4.78 is 0. The van der Waals surface area contributed by atoms with Gasteiger partial charge in [-0.3, -0.25) is 4.79 Å². The predicted octanol–water partition coefficient (Wildman–Crippen LogP) is 1.44. The van der Waals surface area contributed by atoms with Crippen molar-refractivity contribution in [1.82, 2.24) is 10.6 Å². The fourth-order valence-corrected chi connectivity index (χ4v) is 1.75. The Labute approximate surface area is 125 Å². The minimum Gasteiger partial charge on any atom is -0.478 e. The standard InChI is InChI=1S/C13H14ClN3O4/c14-9-4-1-7(12(19)20)5-10(9)17-13(21)15-6-11(18)16-8-2-3-8/h1,4-5,8H,2-3,6H2,(H,16,18)(H,19,20)(H2,15,17,21). The molecule has 1 saturated carbocycles. The number of amides is 3. The van der Waals surface area contributed by atoms with Gasteiger partial charge >= 0.3 is 12.0 Å². The molecule has 1 aliphatic rings. The number of carboxylic acid groups (broad SMARTS) is 1. The highest BCUT2D eigenvalue weighted by molar-refractivity contribution is 6.33. The lowest BCUT2D eigenvalue weighted by atomic mass is 10.2. The maximum absolute atomic E-state index is 11.6. The number of nitrogens with one attached hydrogen (secondary N) is 3. The number of benzene rings is 1. The number of rotatable bonds is 5. The highest BCUT2D eigenvalue weighted by atomic mass is 35.5. The van der Waals surface area contributed by atoms with Gasteiger partial charge < -0.3 is 21.1 Å². The fraction of sp³-hybridized carbons (Fsp3) is 0.308. The molecule has 1 fully saturated rings. The van der Waals surface area contributed by atoms with Gasteiger partial charge in [-0.15, -0.1) is 0 Å². The van der Waals surface area contributed by atoms with Crippen LogP contribution in [0.1, 0.15) is 23.2 Å². The monoisotopic (exact) mass is 311 g/mol. The highest BCUT2D eigenvalue weighted by Gasteiger charge is 2.23. The number of carbonyl (C=O) groups is 3. The third-order valence-electron chi connectivity index (χ3n) is 2.81. The largest absolute Gasteiger partial charge is 0.478 e. The van der Waals surface area contributed by atoms with Gasteiger partial charge in [0, 0.05) is 6.04 Å². The zero-order valence-corrected chi connectivity index (χ0v) is 11.7. The second-order valence-corrected chi connectivity index (χ2v) is 5.06. The number of urea groups is 1. The summed E-state index contributed by atoms with van der Waals surface area (Å²) in [6.07, 6.45) is 1.94. The van der Waals surface area contributed by atoms with Crippen molar-refractivity contribution >= 4 is 35.2 Å². The molecule has 0 aliphatic heterocycles. The first-order chi connectivity index (χ1) is 9.95. The smallest absolute Gasteiger partial charge is 0.335 e. The number of carboxylic acids is 1. The number of anilines is 1. The molecule has 0 atom stereocenters. The summed E-state index contributed by atoms with van der Waals surface area (Å²) in [7, 11) is 0. The van der Waals surface area contributed by atoms with Crippen LogP contribution in [0.2, 0.25) is 5.02 Å². The van der Waals surface area contributed by atoms with Crippen LogP contribution < -0.4 is 16.0 Å². The molecule has 7 nitrogen and oxygen atoms in total. The number of hydrogen-bond donors (Lipinski definition) is 4. The van der Waals surface area contributed by atoms with E-state index < -0.39 is 12.0 Å². The number of halogens is 1. The zero-order chi connectivity index (χ0) is 15.4. The summed E-state index contributed by atoms with van der Waals surface area (Å²) in [6.45, 7) is -0.154. The van der Waals surface area contributed by atoms with Crippen molar-refractivity contribution in [2.45, 2.75) is 18.9 Å². The van der Waals surface area contributed by atoms with Crippen LogP contribution >= 0.6 is 11.6 Å². The van der Waals surface area contributed by atoms with Crippen molar-refractivity contribution in [2.24, 2.45) is 0 Å². The van der Waals surface area contributed by atoms with Gasteiger partial charge in [0.1, 0.15) is 0 Å². The number of hydrogen-bond acceptors (Lipinski definition) is 3. The summed E-state index contributed by atoms with van der Waals surface area (Å²) in [5.41, 5.74) is 0.165. The molecule has 2 rings (SSSR count). The summed E-state index contributed by atoms with van der Waals surface area (Å²) >= 11 is 5.87. The van der Waals surface area contributed by atoms with E-state index in [1.54, 1.807) is 0 Å². The van der Waals surface area contributed by atoms with E-state index in [1.807, 2.05) is 0 Å². The van der Waals surface area contributed by atoms with Crippen molar-refractivity contribution in [2.75, 3.05) is 11.9 Å². The Morgan fingerprint density at radius 1 is 1.29 bits per heavy atom. The van der Waals surface area contributed by atoms with Gasteiger partial charge in [-0.1, -0.05) is 11.6 Å². The highest BCUT2D eigenvalue weighted by Crippen LogP contribution is 2.23. The van der Waals surface area contributed by atoms with Gasteiger partial charge in [0.25, 0.3) is 0 Å². The van der Waals surface area contributed by atoms with Gasteiger partial charge in [-0.2, -0.15) is 0 Å². The summed E-state index contributed by atoms with van der Waals surface area (Å²) in [4.78, 5) is 33.9. The summed E-state index contributed by atoms with van der Waals surface area (Å²) in [6, 6.07) is 3.54. The molecule has 3 amide bonds. The molecular formula is C13H14ClN3O4. The van der Waals surface area contributed by atoms with Crippen LogP contribution in [0.3, 0.4) is 0 Å². The third-order valence-corrected chi connectivity index (χ3v) is 3.14. The summed E-state index contributed by atoms with van der Waals surface area (Å²) in [5.74, 6) is -1.39. The average molecular weight is 312 g/mol. The second-order valence-electron chi connectivity index (χ2n) is 4.65. The van der Waals surface area contributed by atoms with Crippen LogP contribution in [-0.2, 0) is 4.79 Å². The zero-order valence-electron chi connectivity index (χ0n) is 11.0. The molecule has 0 unspecified atom stereocenters. The van der Waals surface area contributed by atoms with E-state index in [0.29, 0.717) is 0 Å². The van der Waals surface area contributed by atoms with E-state index in [1.165, 1.54) is 18.2 Å². The van der Waals surface area contributed by atoms with Crippen molar-refractivity contribution in [3.63, 3.8) is 0 Å². The molecule has 0 aromatic heterocycles. The maximum Gasteiger partial charge on any atom is 0.335 e. The summed E-state index contributed by atoms with van der Waals surface area (Å²) in [5, 5.41) is 16.6. The molecule has 0 saturated heterocycles. The van der Waals surface area contributed by atoms with Crippen LogP contribution in [-0.4, -0.2) is 35.6 Å². The van der Waals surface area contributed by atoms with Crippen LogP contribution in [0.4, 0.5) is 10.5 Å². The van der Waals surface area contributed by atoms with Crippen LogP contribution in [0, 0.1) is 0 Å². The molecule has 1 aromatic rings. The van der Waals surface area contributed by atoms with Gasteiger partial charge in [0.15, 0.2) is 0 Å². The minimum absolute atomic E-state index is 0.00109. The van der Waals surface area contributed by atoms with E-state index in [4.69, 9.17) is 16.7 Å². The fourth-order valence-electron chi connectivity index (χ4n) is 1.59. The Morgan fingerprint density at radius 2 is 2.00 bits per heavy atom. The van der Waals surface area contributed by atoms with E-state index in [0.717, 1.165) is 12.8 Å². The van der Waals surface area contributed by atoms with E-state index in [9.17, 15) is 14.4 Å². The first-order valence-electron chi connectivity index (χ1n) is 6.33. The molecule has 0 radical (unpaired) electrons. The Morgan fingerprint density at radius 3 is 2.62 bits per heavy atom. The second kappa shape index (κ2) is 6.45. The first-order valence-corrected chi connectivity index (χ1v) is 6.70. The van der Waals surface area contributed by atoms with Gasteiger partial charge in [-0.25, -0.2) is 9.59 Å². The van der Waals surface area contributed by atoms with Gasteiger partial charge in [0.2, 0.25) is 5.91 Å². The van der Waals surface area contributed by atoms with E-state index >= 15 is 0 Å². The normalized spacial score (nSPS) is 13.4. The molecule has 112 valence electrons. The number of carbonyl (C=O) groups excluding carboxylic acids is 2. The van der Waals surface area contributed by atoms with Crippen molar-refractivity contribution in [1.29, 1.82) is 0 Å². The molecule has 21 heavy (non-hydrogen) atoms. The van der Waals surface area contributed by atoms with Crippen LogP contribution in [0.25, 0.3) is 0 Å². The van der Waals surface area contributed by atoms with Crippen molar-refractivity contribution in [3.05, 3.63) is 28.8 Å². The Balaban J connectivity index is 1.87. The van der Waals surface area contributed by atoms with E-state index in [-0.39, 0.29) is 34.8 Å². The topological polar surface area (TPSA) is 108 Å². The SMILES string of the molecule is O=C(CNC(=O)Nc1cc(C(=O)O)ccc1Cl)NC1CC1. The minimum atomic E-state index is -1.13. The number of aromatic carboxylic acids is 1. The Hall–Kier alpha value is -2.28. The van der Waals surface area contributed by atoms with Gasteiger partial charge in [-0.05, 0) is 31.0 Å². The molecule has 1 aliphatic carbocycles. The van der Waals surface area contributed by atoms with Crippen molar-refractivity contribution in [3.8, 4) is 0 Å². The maximum atomic E-state index is 11.6. The predicted molar refractivity (Wildman–Crippen MR) is 76.6 cm³/mol. The van der Waals surface area contributed by atoms with E-state index in [2.05, 4.69) is 16.0 Å². The molecular weight excluding hydrogens is 298 g/mol. The molecule has 1 aromatic carbocycles. The third kappa shape index (κ3) is 4.64. The Bertz CT molecular complexity index is 587. The lowest BCUT2D eigenvalue weighted by Crippen LogP contribution is -2.39. The lowest BCUT2D eigenvalue weighted by molar-refractivity contribution is -0.120. The first kappa shape index (κ1) is 15.1. The van der Waals surface area contributed by atoms with Crippen molar-refractivity contribution < 1.29 is 19.5 Å².